The van der Waals surface area contributed by atoms with Crippen LogP contribution in [-0.2, 0) is 6.42 Å². The summed E-state index contributed by atoms with van der Waals surface area (Å²) in [7, 11) is 1.62. The van der Waals surface area contributed by atoms with Crippen molar-refractivity contribution in [1.82, 2.24) is 15.0 Å². The van der Waals surface area contributed by atoms with Gasteiger partial charge < -0.3 is 20.0 Å². The lowest BCUT2D eigenvalue weighted by molar-refractivity contribution is 0.0954. The van der Waals surface area contributed by atoms with Crippen LogP contribution in [-0.4, -0.2) is 42.3 Å². The zero-order valence-corrected chi connectivity index (χ0v) is 17.5. The summed E-state index contributed by atoms with van der Waals surface area (Å²) in [5.41, 5.74) is 0.981. The molecule has 0 atom stereocenters. The number of hydrogen-bond donors (Lipinski definition) is 2. The van der Waals surface area contributed by atoms with Gasteiger partial charge in [-0.3, -0.25) is 9.59 Å². The Kier molecular flexibility index (Phi) is 6.06. The van der Waals surface area contributed by atoms with Crippen LogP contribution >= 0.6 is 0 Å². The Morgan fingerprint density at radius 1 is 1.10 bits per heavy atom. The van der Waals surface area contributed by atoms with Crippen molar-refractivity contribution in [3.63, 3.8) is 0 Å². The van der Waals surface area contributed by atoms with Gasteiger partial charge >= 0.3 is 5.69 Å². The lowest BCUT2D eigenvalue weighted by Crippen LogP contribution is -2.52. The van der Waals surface area contributed by atoms with E-state index in [0.29, 0.717) is 42.5 Å². The molecule has 8 nitrogen and oxygen atoms in total. The average molecular weight is 422 g/mol. The van der Waals surface area contributed by atoms with Crippen molar-refractivity contribution in [3.8, 4) is 5.75 Å². The molecule has 0 spiro atoms. The maximum atomic E-state index is 12.9. The fourth-order valence-corrected chi connectivity index (χ4v) is 3.93. The summed E-state index contributed by atoms with van der Waals surface area (Å²) in [6.45, 7) is 1.82. The normalized spacial score (nSPS) is 13.9. The number of rotatable bonds is 6. The maximum absolute atomic E-state index is 12.9. The molecule has 2 heterocycles. The number of carbonyl (C=O) groups is 1. The van der Waals surface area contributed by atoms with Gasteiger partial charge in [0.15, 0.2) is 0 Å². The van der Waals surface area contributed by atoms with Gasteiger partial charge in [0.05, 0.1) is 18.0 Å². The van der Waals surface area contributed by atoms with Crippen LogP contribution in [0.5, 0.6) is 5.75 Å². The van der Waals surface area contributed by atoms with Gasteiger partial charge in [-0.05, 0) is 61.6 Å². The predicted octanol–water partition coefficient (Wildman–Crippen LogP) is 1.79. The van der Waals surface area contributed by atoms with Crippen molar-refractivity contribution in [2.45, 2.75) is 25.7 Å². The van der Waals surface area contributed by atoms with Gasteiger partial charge in [0, 0.05) is 25.2 Å². The third-order valence-corrected chi connectivity index (χ3v) is 5.59. The summed E-state index contributed by atoms with van der Waals surface area (Å²) in [4.78, 5) is 40.8. The van der Waals surface area contributed by atoms with Crippen molar-refractivity contribution < 1.29 is 9.53 Å². The van der Waals surface area contributed by atoms with Gasteiger partial charge in [0.2, 0.25) is 0 Å². The first-order chi connectivity index (χ1) is 15.1. The van der Waals surface area contributed by atoms with Crippen LogP contribution in [0.15, 0.2) is 52.1 Å². The maximum Gasteiger partial charge on any atom is 0.347 e. The predicted molar refractivity (Wildman–Crippen MR) is 120 cm³/mol. The molecule has 3 aromatic rings. The highest BCUT2D eigenvalue weighted by Crippen LogP contribution is 2.13. The van der Waals surface area contributed by atoms with E-state index in [4.69, 9.17) is 4.74 Å². The van der Waals surface area contributed by atoms with E-state index in [1.165, 1.54) is 4.68 Å². The van der Waals surface area contributed by atoms with Crippen molar-refractivity contribution >= 4 is 16.8 Å². The Bertz CT molecular complexity index is 1210. The molecule has 2 N–H and O–H groups in total. The molecule has 0 aliphatic carbocycles. The molecule has 1 saturated heterocycles. The molecule has 1 aliphatic rings. The number of aromatic nitrogens is 2. The SMILES string of the molecule is COc1cccc(CCNC(=O)c2ccc3c(=O)n(N4CCCCC4)c(=O)[nH]c3c2)c1. The Balaban J connectivity index is 1.50. The van der Waals surface area contributed by atoms with Gasteiger partial charge in [-0.1, -0.05) is 12.1 Å². The number of nitrogens with one attached hydrogen (secondary N) is 2. The lowest BCUT2D eigenvalue weighted by Gasteiger charge is -2.29. The monoisotopic (exact) mass is 422 g/mol. The zero-order valence-electron chi connectivity index (χ0n) is 17.5. The van der Waals surface area contributed by atoms with Gasteiger partial charge in [0.1, 0.15) is 5.75 Å². The molecule has 0 saturated carbocycles. The van der Waals surface area contributed by atoms with Crippen LogP contribution in [0.3, 0.4) is 0 Å². The Morgan fingerprint density at radius 3 is 2.68 bits per heavy atom. The minimum Gasteiger partial charge on any atom is -0.497 e. The molecular formula is C23H26N4O4. The molecule has 0 unspecified atom stereocenters. The number of piperidine rings is 1. The summed E-state index contributed by atoms with van der Waals surface area (Å²) in [5.74, 6) is 0.517. The minimum atomic E-state index is -0.477. The van der Waals surface area contributed by atoms with Crippen molar-refractivity contribution in [1.29, 1.82) is 0 Å². The minimum absolute atomic E-state index is 0.258. The van der Waals surface area contributed by atoms with Crippen molar-refractivity contribution in [3.05, 3.63) is 74.4 Å². The first-order valence-corrected chi connectivity index (χ1v) is 10.5. The third kappa shape index (κ3) is 4.47. The first kappa shape index (κ1) is 20.7. The molecule has 31 heavy (non-hydrogen) atoms. The highest BCUT2D eigenvalue weighted by atomic mass is 16.5. The molecule has 1 amide bonds. The van der Waals surface area contributed by atoms with E-state index >= 15 is 0 Å². The number of methoxy groups -OCH3 is 1. The standard InChI is InChI=1S/C23H26N4O4/c1-31-18-7-5-6-16(14-18)10-11-24-21(28)17-8-9-19-20(15-17)25-23(30)27(22(19)29)26-12-3-2-4-13-26/h5-9,14-15H,2-4,10-13H2,1H3,(H,24,28)(H,25,30). The van der Waals surface area contributed by atoms with E-state index < -0.39 is 5.69 Å². The fourth-order valence-electron chi connectivity index (χ4n) is 3.93. The Morgan fingerprint density at radius 2 is 1.90 bits per heavy atom. The molecule has 162 valence electrons. The number of benzene rings is 2. The number of H-pyrrole nitrogens is 1. The third-order valence-electron chi connectivity index (χ3n) is 5.59. The molecule has 1 aromatic heterocycles. The summed E-state index contributed by atoms with van der Waals surface area (Å²) in [6.07, 6.45) is 3.68. The van der Waals surface area contributed by atoms with E-state index in [2.05, 4.69) is 10.3 Å². The number of aromatic amines is 1. The number of hydrogen-bond acceptors (Lipinski definition) is 5. The topological polar surface area (TPSA) is 96.4 Å². The van der Waals surface area contributed by atoms with Crippen LogP contribution in [0.2, 0.25) is 0 Å². The summed E-state index contributed by atoms with van der Waals surface area (Å²) < 4.78 is 6.40. The highest BCUT2D eigenvalue weighted by Gasteiger charge is 2.17. The summed E-state index contributed by atoms with van der Waals surface area (Å²) in [6, 6.07) is 12.5. The van der Waals surface area contributed by atoms with E-state index in [9.17, 15) is 14.4 Å². The van der Waals surface area contributed by atoms with Crippen molar-refractivity contribution in [2.75, 3.05) is 31.8 Å². The quantitative estimate of drug-likeness (QED) is 0.631. The molecule has 4 rings (SSSR count). The summed E-state index contributed by atoms with van der Waals surface area (Å²) >= 11 is 0. The van der Waals surface area contributed by atoms with E-state index in [1.54, 1.807) is 30.3 Å². The molecule has 1 aliphatic heterocycles. The van der Waals surface area contributed by atoms with E-state index in [-0.39, 0.29) is 11.5 Å². The smallest absolute Gasteiger partial charge is 0.347 e. The zero-order chi connectivity index (χ0) is 21.8. The van der Waals surface area contributed by atoms with E-state index in [1.807, 2.05) is 24.3 Å². The fraction of sp³-hybridized carbons (Fsp3) is 0.348. The molecule has 0 radical (unpaired) electrons. The number of fused-ring (bicyclic) bond motifs is 1. The first-order valence-electron chi connectivity index (χ1n) is 10.5. The van der Waals surface area contributed by atoms with Gasteiger partial charge in [-0.15, -0.1) is 0 Å². The molecule has 8 heteroatoms. The van der Waals surface area contributed by atoms with Crippen LogP contribution in [0.4, 0.5) is 0 Å². The number of amides is 1. The second-order valence-corrected chi connectivity index (χ2v) is 7.68. The average Bonchev–Trinajstić information content (AvgIpc) is 2.79. The van der Waals surface area contributed by atoms with Crippen LogP contribution < -0.4 is 26.3 Å². The van der Waals surface area contributed by atoms with E-state index in [0.717, 1.165) is 30.6 Å². The second kappa shape index (κ2) is 9.07. The van der Waals surface area contributed by atoms with Crippen LogP contribution in [0, 0.1) is 0 Å². The molecule has 1 fully saturated rings. The molecular weight excluding hydrogens is 396 g/mol. The Labute approximate surface area is 179 Å². The number of carbonyl (C=O) groups excluding carboxylic acids is 1. The second-order valence-electron chi connectivity index (χ2n) is 7.68. The highest BCUT2D eigenvalue weighted by molar-refractivity contribution is 5.97. The lowest BCUT2D eigenvalue weighted by atomic mass is 10.1. The number of ether oxygens (including phenoxy) is 1. The van der Waals surface area contributed by atoms with Gasteiger partial charge in [-0.25, -0.2) is 4.79 Å². The Hall–Kier alpha value is -3.55. The van der Waals surface area contributed by atoms with Crippen LogP contribution in [0.25, 0.3) is 10.9 Å². The largest absolute Gasteiger partial charge is 0.497 e. The van der Waals surface area contributed by atoms with Gasteiger partial charge in [0.25, 0.3) is 11.5 Å². The molecule has 2 aromatic carbocycles. The molecule has 0 bridgehead atoms. The van der Waals surface area contributed by atoms with Gasteiger partial charge in [-0.2, -0.15) is 4.68 Å². The van der Waals surface area contributed by atoms with Crippen LogP contribution in [0.1, 0.15) is 35.2 Å². The summed E-state index contributed by atoms with van der Waals surface area (Å²) in [5, 5.41) is 5.06. The van der Waals surface area contributed by atoms with Crippen molar-refractivity contribution in [2.24, 2.45) is 0 Å². The number of nitrogens with zero attached hydrogens (tertiary/aromatic N) is 2.